The number of anilines is 1. The van der Waals surface area contributed by atoms with Gasteiger partial charge in [-0.15, -0.1) is 11.3 Å². The van der Waals surface area contributed by atoms with Crippen molar-refractivity contribution in [2.75, 3.05) is 18.2 Å². The Kier molecular flexibility index (Phi) is 6.23. The molecule has 0 amide bonds. The molecule has 4 aromatic rings. The highest BCUT2D eigenvalue weighted by Crippen LogP contribution is 2.37. The molecule has 10 nitrogen and oxygen atoms in total. The Morgan fingerprint density at radius 3 is 2.89 bits per heavy atom. The van der Waals surface area contributed by atoms with Crippen LogP contribution in [0.4, 0.5) is 5.82 Å². The summed E-state index contributed by atoms with van der Waals surface area (Å²) in [6.07, 6.45) is 4.22. The number of aliphatic hydroxyl groups excluding tert-OH is 2. The Labute approximate surface area is 209 Å². The van der Waals surface area contributed by atoms with Crippen LogP contribution in [0.5, 0.6) is 5.75 Å². The average molecular weight is 515 g/mol. The van der Waals surface area contributed by atoms with Gasteiger partial charge in [0.15, 0.2) is 27.5 Å². The van der Waals surface area contributed by atoms with Crippen molar-refractivity contribution in [1.29, 1.82) is 0 Å². The van der Waals surface area contributed by atoms with Gasteiger partial charge in [0.1, 0.15) is 24.3 Å². The number of hydrogen-bond acceptors (Lipinski definition) is 11. The predicted octanol–water partition coefficient (Wildman–Crippen LogP) is 3.21. The Bertz CT molecular complexity index is 1340. The van der Waals surface area contributed by atoms with E-state index in [1.165, 1.54) is 30.9 Å². The Morgan fingerprint density at radius 2 is 2.06 bits per heavy atom. The molecule has 4 heterocycles. The number of rotatable bonds is 7. The van der Waals surface area contributed by atoms with Gasteiger partial charge in [0, 0.05) is 11.8 Å². The van der Waals surface area contributed by atoms with Crippen molar-refractivity contribution in [2.24, 2.45) is 0 Å². The molecule has 4 atom stereocenters. The summed E-state index contributed by atoms with van der Waals surface area (Å²) in [5.74, 6) is 1.92. The maximum absolute atomic E-state index is 10.8. The van der Waals surface area contributed by atoms with Crippen LogP contribution in [0.1, 0.15) is 31.9 Å². The third-order valence-corrected chi connectivity index (χ3v) is 8.86. The highest BCUT2D eigenvalue weighted by atomic mass is 32.2. The van der Waals surface area contributed by atoms with E-state index in [2.05, 4.69) is 25.3 Å². The van der Waals surface area contributed by atoms with E-state index in [-0.39, 0.29) is 0 Å². The Morgan fingerprint density at radius 1 is 1.20 bits per heavy atom. The smallest absolute Gasteiger partial charge is 0.167 e. The number of aliphatic hydroxyl groups is 2. The summed E-state index contributed by atoms with van der Waals surface area (Å²) in [6.45, 7) is 0. The molecule has 1 aliphatic heterocycles. The second-order valence-electron chi connectivity index (χ2n) is 8.84. The zero-order chi connectivity index (χ0) is 23.9. The number of nitrogens with zero attached hydrogens (tertiary/aromatic N) is 5. The molecular weight excluding hydrogens is 488 g/mol. The molecule has 184 valence electrons. The van der Waals surface area contributed by atoms with Crippen molar-refractivity contribution in [3.8, 4) is 5.75 Å². The lowest BCUT2D eigenvalue weighted by Crippen LogP contribution is -2.32. The van der Waals surface area contributed by atoms with Gasteiger partial charge < -0.3 is 25.0 Å². The van der Waals surface area contributed by atoms with Crippen molar-refractivity contribution in [3.63, 3.8) is 0 Å². The average Bonchev–Trinajstić information content (AvgIpc) is 3.66. The van der Waals surface area contributed by atoms with Crippen molar-refractivity contribution >= 4 is 50.3 Å². The quantitative estimate of drug-likeness (QED) is 0.316. The maximum atomic E-state index is 10.8. The first-order valence-electron chi connectivity index (χ1n) is 11.6. The van der Waals surface area contributed by atoms with Gasteiger partial charge >= 0.3 is 0 Å². The van der Waals surface area contributed by atoms with Crippen LogP contribution in [-0.4, -0.2) is 71.9 Å². The topological polar surface area (TPSA) is 127 Å². The normalized spacial score (nSPS) is 25.1. The second-order valence-corrected chi connectivity index (χ2v) is 11.1. The second kappa shape index (κ2) is 9.51. The fourth-order valence-corrected chi connectivity index (χ4v) is 6.91. The highest BCUT2D eigenvalue weighted by Gasteiger charge is 2.44. The maximum Gasteiger partial charge on any atom is 0.167 e. The Hall–Kier alpha value is -2.51. The van der Waals surface area contributed by atoms with Crippen LogP contribution in [0, 0.1) is 0 Å². The summed E-state index contributed by atoms with van der Waals surface area (Å²) in [5, 5.41) is 25.0. The standard InChI is InChI=1S/C23H26N6O4S2/c1-32-13-6-7-14-16(8-13)35-23(28-14)34-9-15-18(30)19(31)22(33-15)29-11-26-17-20(24-10-25-21(17)29)27-12-4-2-3-5-12/h6-8,10-12,15,18-19,22,30-31H,2-5,9H2,1H3,(H,24,25,27)/t15-,18-,19-,22?/m1/s1. The van der Waals surface area contributed by atoms with Crippen LogP contribution in [0.15, 0.2) is 35.2 Å². The lowest BCUT2D eigenvalue weighted by Gasteiger charge is -2.17. The molecule has 0 spiro atoms. The molecule has 1 saturated heterocycles. The molecule has 0 bridgehead atoms. The van der Waals surface area contributed by atoms with Crippen molar-refractivity contribution in [3.05, 3.63) is 30.9 Å². The molecule has 2 fully saturated rings. The Balaban J connectivity index is 1.18. The minimum Gasteiger partial charge on any atom is -0.497 e. The van der Waals surface area contributed by atoms with Crippen molar-refractivity contribution in [1.82, 2.24) is 24.5 Å². The van der Waals surface area contributed by atoms with E-state index in [4.69, 9.17) is 9.47 Å². The van der Waals surface area contributed by atoms with Crippen molar-refractivity contribution < 1.29 is 19.7 Å². The van der Waals surface area contributed by atoms with E-state index in [1.54, 1.807) is 29.3 Å². The van der Waals surface area contributed by atoms with Gasteiger partial charge in [-0.05, 0) is 31.0 Å². The largest absolute Gasteiger partial charge is 0.497 e. The van der Waals surface area contributed by atoms with Gasteiger partial charge in [0.25, 0.3) is 0 Å². The van der Waals surface area contributed by atoms with Crippen LogP contribution < -0.4 is 10.1 Å². The summed E-state index contributed by atoms with van der Waals surface area (Å²) in [4.78, 5) is 17.9. The van der Waals surface area contributed by atoms with Gasteiger partial charge in [0.05, 0.1) is 29.8 Å². The first-order valence-corrected chi connectivity index (χ1v) is 13.4. The number of aromatic nitrogens is 5. The molecule has 0 radical (unpaired) electrons. The lowest BCUT2D eigenvalue weighted by molar-refractivity contribution is -0.0289. The molecular formula is C23H26N6O4S2. The van der Waals surface area contributed by atoms with Gasteiger partial charge in [-0.3, -0.25) is 4.57 Å². The SMILES string of the molecule is COc1ccc2nc(SC[C@H]3OC(n4cnc5c(NC6CCCC6)ncnc54)[C@H](O)[C@@H]3O)sc2c1. The number of nitrogens with one attached hydrogen (secondary N) is 1. The van der Waals surface area contributed by atoms with E-state index in [0.717, 1.165) is 33.1 Å². The van der Waals surface area contributed by atoms with Gasteiger partial charge in [-0.1, -0.05) is 24.6 Å². The number of thiazole rings is 1. The molecule has 3 aromatic heterocycles. The molecule has 3 N–H and O–H groups in total. The molecule has 1 unspecified atom stereocenters. The summed E-state index contributed by atoms with van der Waals surface area (Å²) in [6, 6.07) is 6.16. The zero-order valence-electron chi connectivity index (χ0n) is 19.1. The molecule has 2 aliphatic rings. The third-order valence-electron chi connectivity index (χ3n) is 6.61. The summed E-state index contributed by atoms with van der Waals surface area (Å²) in [5.41, 5.74) is 2.09. The minimum atomic E-state index is -1.11. The van der Waals surface area contributed by atoms with Crippen LogP contribution in [0.2, 0.25) is 0 Å². The highest BCUT2D eigenvalue weighted by molar-refractivity contribution is 8.01. The summed E-state index contributed by atoms with van der Waals surface area (Å²) >= 11 is 3.06. The zero-order valence-corrected chi connectivity index (χ0v) is 20.7. The van der Waals surface area contributed by atoms with Gasteiger partial charge in [-0.25, -0.2) is 19.9 Å². The van der Waals surface area contributed by atoms with Crippen LogP contribution >= 0.6 is 23.1 Å². The lowest BCUT2D eigenvalue weighted by atomic mass is 10.1. The number of benzene rings is 1. The van der Waals surface area contributed by atoms with Gasteiger partial charge in [-0.2, -0.15) is 0 Å². The molecule has 1 aromatic carbocycles. The number of ether oxygens (including phenoxy) is 2. The molecule has 35 heavy (non-hydrogen) atoms. The first kappa shape index (κ1) is 22.9. The van der Waals surface area contributed by atoms with Crippen LogP contribution in [-0.2, 0) is 4.74 Å². The van der Waals surface area contributed by atoms with E-state index < -0.39 is 24.5 Å². The van der Waals surface area contributed by atoms with E-state index in [0.29, 0.717) is 28.8 Å². The predicted molar refractivity (Wildman–Crippen MR) is 134 cm³/mol. The molecule has 1 saturated carbocycles. The monoisotopic (exact) mass is 514 g/mol. The van der Waals surface area contributed by atoms with E-state index >= 15 is 0 Å². The fraction of sp³-hybridized carbons (Fsp3) is 0.478. The van der Waals surface area contributed by atoms with Gasteiger partial charge in [0.2, 0.25) is 0 Å². The van der Waals surface area contributed by atoms with Crippen molar-refractivity contribution in [2.45, 2.75) is 60.6 Å². The first-order chi connectivity index (χ1) is 17.1. The van der Waals surface area contributed by atoms with E-state index in [1.807, 2.05) is 18.2 Å². The number of hydrogen-bond donors (Lipinski definition) is 3. The molecule has 6 rings (SSSR count). The molecule has 12 heteroatoms. The van der Waals surface area contributed by atoms with Crippen LogP contribution in [0.25, 0.3) is 21.4 Å². The molecule has 1 aliphatic carbocycles. The minimum absolute atomic E-state index is 0.387. The summed E-state index contributed by atoms with van der Waals surface area (Å²) in [7, 11) is 1.64. The number of methoxy groups -OCH3 is 1. The number of imidazole rings is 1. The number of fused-ring (bicyclic) bond motifs is 2. The fourth-order valence-electron chi connectivity index (χ4n) is 4.73. The third kappa shape index (κ3) is 4.33. The van der Waals surface area contributed by atoms with E-state index in [9.17, 15) is 10.2 Å². The summed E-state index contributed by atoms with van der Waals surface area (Å²) < 4.78 is 15.0. The van der Waals surface area contributed by atoms with Crippen LogP contribution in [0.3, 0.4) is 0 Å². The number of thioether (sulfide) groups is 1.